The summed E-state index contributed by atoms with van der Waals surface area (Å²) in [5, 5.41) is 25.6. The number of aliphatic hydroxyl groups excluding tert-OH is 2. The summed E-state index contributed by atoms with van der Waals surface area (Å²) in [5.74, 6) is 0.651. The quantitative estimate of drug-likeness (QED) is 0.226. The fourth-order valence-electron chi connectivity index (χ4n) is 4.80. The molecular weight excluding hydrogens is 520 g/mol. The molecule has 2 aromatic carbocycles. The Morgan fingerprint density at radius 1 is 1.00 bits per heavy atom. The van der Waals surface area contributed by atoms with Gasteiger partial charge in [0.25, 0.3) is 0 Å². The Balaban J connectivity index is 1.42. The number of aromatic nitrogens is 3. The highest BCUT2D eigenvalue weighted by Gasteiger charge is 2.42. The Kier molecular flexibility index (Phi) is 7.87. The van der Waals surface area contributed by atoms with E-state index in [-0.39, 0.29) is 5.04 Å². The van der Waals surface area contributed by atoms with Gasteiger partial charge in [0.1, 0.15) is 30.0 Å². The topological polar surface area (TPSA) is 102 Å². The first-order valence-electron chi connectivity index (χ1n) is 13.9. The summed E-state index contributed by atoms with van der Waals surface area (Å²) in [6.07, 6.45) is 0.970. The smallest absolute Gasteiger partial charge is 0.191 e. The molecule has 3 heterocycles. The van der Waals surface area contributed by atoms with Crippen LogP contribution in [0.2, 0.25) is 18.1 Å². The van der Waals surface area contributed by atoms with Crippen molar-refractivity contribution in [3.05, 3.63) is 72.7 Å². The average molecular weight is 561 g/mol. The maximum absolute atomic E-state index is 10.7. The molecule has 1 aliphatic rings. The molecule has 9 heteroatoms. The molecule has 1 fully saturated rings. The zero-order chi connectivity index (χ0) is 28.7. The summed E-state index contributed by atoms with van der Waals surface area (Å²) in [5.41, 5.74) is 4.63. The van der Waals surface area contributed by atoms with E-state index in [1.165, 1.54) is 11.9 Å². The van der Waals surface area contributed by atoms with E-state index in [0.717, 1.165) is 28.6 Å². The maximum atomic E-state index is 10.7. The van der Waals surface area contributed by atoms with Crippen LogP contribution in [0.4, 0.5) is 11.5 Å². The zero-order valence-corrected chi connectivity index (χ0v) is 25.1. The standard InChI is InChI=1S/C31H40N4O4Si/c1-20-26(36)27(37)30(39-20)35-18-24(22-10-8-7-9-11-22)25-28(32-19-33-29(25)35)34-23-14-12-21(13-15-23)16-17-38-40(5,6)31(2,3)4/h7-15,18-20,26-27,30,36-37H,16-17H2,1-6H3,(H,32,33,34)/t20-,26-,27-,30-/m1/s1. The van der Waals surface area contributed by atoms with Gasteiger partial charge in [-0.3, -0.25) is 0 Å². The average Bonchev–Trinajstić information content (AvgIpc) is 3.43. The van der Waals surface area contributed by atoms with Crippen molar-refractivity contribution in [3.63, 3.8) is 0 Å². The van der Waals surface area contributed by atoms with Crippen molar-refractivity contribution in [3.8, 4) is 11.1 Å². The van der Waals surface area contributed by atoms with E-state index in [1.807, 2.05) is 36.5 Å². The van der Waals surface area contributed by atoms with Crippen LogP contribution in [0.25, 0.3) is 22.2 Å². The van der Waals surface area contributed by atoms with Gasteiger partial charge in [-0.1, -0.05) is 63.2 Å². The third kappa shape index (κ3) is 5.57. The van der Waals surface area contributed by atoms with E-state index in [1.54, 1.807) is 11.5 Å². The van der Waals surface area contributed by atoms with E-state index >= 15 is 0 Å². The second kappa shape index (κ2) is 11.1. The van der Waals surface area contributed by atoms with E-state index in [0.29, 0.717) is 18.1 Å². The van der Waals surface area contributed by atoms with Gasteiger partial charge >= 0.3 is 0 Å². The minimum Gasteiger partial charge on any atom is -0.416 e. The first kappa shape index (κ1) is 28.4. The molecule has 2 aromatic heterocycles. The molecule has 5 rings (SSSR count). The Labute approximate surface area is 237 Å². The molecule has 4 atom stereocenters. The molecule has 0 saturated carbocycles. The van der Waals surface area contributed by atoms with Gasteiger partial charge in [0.15, 0.2) is 14.5 Å². The van der Waals surface area contributed by atoms with Crippen LogP contribution in [0.5, 0.6) is 0 Å². The van der Waals surface area contributed by atoms with E-state index in [2.05, 4.69) is 73.4 Å². The third-order valence-electron chi connectivity index (χ3n) is 8.32. The van der Waals surface area contributed by atoms with Crippen molar-refractivity contribution in [1.82, 2.24) is 14.5 Å². The summed E-state index contributed by atoms with van der Waals surface area (Å²) < 4.78 is 14.1. The van der Waals surface area contributed by atoms with Gasteiger partial charge in [-0.2, -0.15) is 0 Å². The second-order valence-electron chi connectivity index (χ2n) is 12.1. The van der Waals surface area contributed by atoms with E-state index < -0.39 is 32.9 Å². The van der Waals surface area contributed by atoms with Crippen molar-refractivity contribution in [2.45, 2.75) is 76.8 Å². The van der Waals surface area contributed by atoms with Crippen molar-refractivity contribution in [2.24, 2.45) is 0 Å². The Bertz CT molecular complexity index is 1450. The van der Waals surface area contributed by atoms with Gasteiger partial charge in [-0.25, -0.2) is 9.97 Å². The van der Waals surface area contributed by atoms with Gasteiger partial charge in [0.05, 0.1) is 11.5 Å². The van der Waals surface area contributed by atoms with Gasteiger partial charge in [-0.05, 0) is 54.7 Å². The predicted molar refractivity (Wildman–Crippen MR) is 161 cm³/mol. The molecule has 212 valence electrons. The van der Waals surface area contributed by atoms with E-state index in [4.69, 9.17) is 9.16 Å². The van der Waals surface area contributed by atoms with Crippen molar-refractivity contribution in [2.75, 3.05) is 11.9 Å². The Morgan fingerprint density at radius 3 is 2.33 bits per heavy atom. The Hall–Kier alpha value is -3.08. The summed E-state index contributed by atoms with van der Waals surface area (Å²) >= 11 is 0. The van der Waals surface area contributed by atoms with Crippen LogP contribution in [-0.4, -0.2) is 58.0 Å². The highest BCUT2D eigenvalue weighted by molar-refractivity contribution is 6.74. The highest BCUT2D eigenvalue weighted by atomic mass is 28.4. The van der Waals surface area contributed by atoms with Crippen molar-refractivity contribution >= 4 is 30.9 Å². The predicted octanol–water partition coefficient (Wildman–Crippen LogP) is 6.05. The van der Waals surface area contributed by atoms with Gasteiger partial charge in [0.2, 0.25) is 0 Å². The lowest BCUT2D eigenvalue weighted by Crippen LogP contribution is -2.41. The first-order chi connectivity index (χ1) is 19.0. The fourth-order valence-corrected chi connectivity index (χ4v) is 5.84. The molecule has 3 N–H and O–H groups in total. The molecule has 0 radical (unpaired) electrons. The SMILES string of the molecule is C[C@H]1O[C@@H](n2cc(-c3ccccc3)c3c(Nc4ccc(CCO[Si](C)(C)C(C)(C)C)cc4)ncnc32)[C@H](O)[C@@H]1O. The monoisotopic (exact) mass is 560 g/mol. The summed E-state index contributed by atoms with van der Waals surface area (Å²) in [4.78, 5) is 9.17. The lowest BCUT2D eigenvalue weighted by Gasteiger charge is -2.36. The highest BCUT2D eigenvalue weighted by Crippen LogP contribution is 2.40. The van der Waals surface area contributed by atoms with Crippen LogP contribution in [0.1, 0.15) is 39.5 Å². The number of hydrogen-bond donors (Lipinski definition) is 3. The second-order valence-corrected chi connectivity index (χ2v) is 16.9. The van der Waals surface area contributed by atoms with Gasteiger partial charge in [-0.15, -0.1) is 0 Å². The Morgan fingerprint density at radius 2 is 1.70 bits per heavy atom. The third-order valence-corrected chi connectivity index (χ3v) is 12.9. The lowest BCUT2D eigenvalue weighted by molar-refractivity contribution is -0.0295. The number of benzene rings is 2. The number of ether oxygens (including phenoxy) is 1. The van der Waals surface area contributed by atoms with Crippen molar-refractivity contribution < 1.29 is 19.4 Å². The largest absolute Gasteiger partial charge is 0.416 e. The maximum Gasteiger partial charge on any atom is 0.191 e. The van der Waals surface area contributed by atoms with Crippen LogP contribution < -0.4 is 5.32 Å². The van der Waals surface area contributed by atoms with Crippen LogP contribution in [-0.2, 0) is 15.6 Å². The van der Waals surface area contributed by atoms with Crippen LogP contribution in [0, 0.1) is 0 Å². The molecule has 0 spiro atoms. The van der Waals surface area contributed by atoms with Crippen LogP contribution in [0.3, 0.4) is 0 Å². The normalized spacial score (nSPS) is 21.7. The molecule has 1 aliphatic heterocycles. The summed E-state index contributed by atoms with van der Waals surface area (Å²) in [6, 6.07) is 18.3. The lowest BCUT2D eigenvalue weighted by atomic mass is 10.1. The molecule has 40 heavy (non-hydrogen) atoms. The van der Waals surface area contributed by atoms with Crippen LogP contribution >= 0.6 is 0 Å². The first-order valence-corrected chi connectivity index (χ1v) is 16.8. The van der Waals surface area contributed by atoms with Crippen molar-refractivity contribution in [1.29, 1.82) is 0 Å². The molecule has 0 unspecified atom stereocenters. The molecule has 0 aliphatic carbocycles. The molecule has 8 nitrogen and oxygen atoms in total. The van der Waals surface area contributed by atoms with Gasteiger partial charge in [0, 0.05) is 24.1 Å². The minimum absolute atomic E-state index is 0.196. The summed E-state index contributed by atoms with van der Waals surface area (Å²) in [7, 11) is -1.77. The minimum atomic E-state index is -1.77. The summed E-state index contributed by atoms with van der Waals surface area (Å²) in [6.45, 7) is 13.8. The molecule has 0 amide bonds. The molecule has 0 bridgehead atoms. The molecule has 4 aromatic rings. The fraction of sp³-hybridized carbons (Fsp3) is 0.419. The number of rotatable bonds is 8. The number of aliphatic hydroxyl groups is 2. The van der Waals surface area contributed by atoms with Crippen LogP contribution in [0.15, 0.2) is 67.1 Å². The zero-order valence-electron chi connectivity index (χ0n) is 24.1. The number of nitrogens with one attached hydrogen (secondary N) is 1. The number of nitrogens with zero attached hydrogens (tertiary/aromatic N) is 3. The number of hydrogen-bond acceptors (Lipinski definition) is 7. The number of fused-ring (bicyclic) bond motifs is 1. The molecule has 1 saturated heterocycles. The number of anilines is 2. The van der Waals surface area contributed by atoms with Gasteiger partial charge < -0.3 is 29.3 Å². The molecular formula is C31H40N4O4Si. The van der Waals surface area contributed by atoms with E-state index in [9.17, 15) is 10.2 Å².